The van der Waals surface area contributed by atoms with Gasteiger partial charge in [0.25, 0.3) is 5.56 Å². The van der Waals surface area contributed by atoms with Gasteiger partial charge in [-0.15, -0.1) is 0 Å². The van der Waals surface area contributed by atoms with Crippen molar-refractivity contribution in [1.29, 1.82) is 0 Å². The Hall–Kier alpha value is -3.67. The van der Waals surface area contributed by atoms with Gasteiger partial charge in [0, 0.05) is 11.3 Å². The maximum atomic E-state index is 12.7. The van der Waals surface area contributed by atoms with Gasteiger partial charge in [0.1, 0.15) is 12.2 Å². The lowest BCUT2D eigenvalue weighted by atomic mass is 10.1. The van der Waals surface area contributed by atoms with E-state index in [1.165, 1.54) is 0 Å². The molecule has 4 rings (SSSR count). The highest BCUT2D eigenvalue weighted by Gasteiger charge is 2.13. The van der Waals surface area contributed by atoms with Crippen LogP contribution in [0.4, 0.5) is 5.69 Å². The molecule has 0 amide bonds. The van der Waals surface area contributed by atoms with Crippen molar-refractivity contribution in [2.75, 3.05) is 18.5 Å². The van der Waals surface area contributed by atoms with Crippen LogP contribution in [0.3, 0.4) is 0 Å². The molecule has 28 heavy (non-hydrogen) atoms. The van der Waals surface area contributed by atoms with Crippen molar-refractivity contribution in [3.63, 3.8) is 0 Å². The van der Waals surface area contributed by atoms with E-state index in [0.29, 0.717) is 34.6 Å². The molecule has 6 nitrogen and oxygen atoms in total. The molecular weight excluding hydrogens is 354 g/mol. The number of carbonyl (C=O) groups excluding carboxylic acids is 1. The average Bonchev–Trinajstić information content (AvgIpc) is 2.71. The molecule has 0 aliphatic carbocycles. The lowest BCUT2D eigenvalue weighted by Crippen LogP contribution is -2.18. The Morgan fingerprint density at radius 2 is 1.79 bits per heavy atom. The maximum Gasteiger partial charge on any atom is 0.325 e. The fraction of sp³-hybridized carbons (Fsp3) is 0.136. The van der Waals surface area contributed by atoms with Crippen molar-refractivity contribution in [2.45, 2.75) is 6.92 Å². The highest BCUT2D eigenvalue weighted by Crippen LogP contribution is 2.26. The quantitative estimate of drug-likeness (QED) is 0.411. The number of rotatable bonds is 5. The number of para-hydroxylation sites is 1. The van der Waals surface area contributed by atoms with Crippen LogP contribution in [0.1, 0.15) is 6.92 Å². The van der Waals surface area contributed by atoms with E-state index in [-0.39, 0.29) is 18.1 Å². The topological polar surface area (TPSA) is 84.1 Å². The molecule has 0 saturated heterocycles. The number of esters is 1. The second-order valence-corrected chi connectivity index (χ2v) is 6.34. The third-order valence-electron chi connectivity index (χ3n) is 4.47. The van der Waals surface area contributed by atoms with Crippen LogP contribution in [-0.2, 0) is 9.53 Å². The molecule has 0 radical (unpaired) electrons. The van der Waals surface area contributed by atoms with Gasteiger partial charge >= 0.3 is 5.97 Å². The summed E-state index contributed by atoms with van der Waals surface area (Å²) in [6, 6.07) is 19.1. The van der Waals surface area contributed by atoms with E-state index < -0.39 is 0 Å². The van der Waals surface area contributed by atoms with E-state index in [9.17, 15) is 9.59 Å². The highest BCUT2D eigenvalue weighted by molar-refractivity contribution is 5.95. The minimum Gasteiger partial charge on any atom is -0.465 e. The molecule has 0 saturated carbocycles. The lowest BCUT2D eigenvalue weighted by molar-refractivity contribution is -0.140. The number of nitrogens with one attached hydrogen (secondary N) is 2. The van der Waals surface area contributed by atoms with Gasteiger partial charge in [-0.1, -0.05) is 42.5 Å². The van der Waals surface area contributed by atoms with Crippen molar-refractivity contribution in [3.8, 4) is 11.3 Å². The zero-order valence-electron chi connectivity index (χ0n) is 15.4. The number of benzene rings is 3. The molecule has 2 N–H and O–H groups in total. The maximum absolute atomic E-state index is 12.7. The van der Waals surface area contributed by atoms with E-state index >= 15 is 0 Å². The standard InChI is InChI=1S/C22H19N3O3/c1-2-28-20(26)13-23-17-10-6-5-9-16(17)21-22(27)25-19-12-15-8-4-3-7-14(15)11-18(19)24-21/h3-12,23H,2,13H2,1H3,(H,25,27). The minimum atomic E-state index is -0.357. The Labute approximate surface area is 161 Å². The Balaban J connectivity index is 1.78. The van der Waals surface area contributed by atoms with Crippen LogP contribution in [-0.4, -0.2) is 29.1 Å². The third kappa shape index (κ3) is 3.44. The molecule has 3 aromatic carbocycles. The molecule has 140 valence electrons. The highest BCUT2D eigenvalue weighted by atomic mass is 16.5. The summed E-state index contributed by atoms with van der Waals surface area (Å²) in [4.78, 5) is 31.9. The molecule has 0 bridgehead atoms. The van der Waals surface area contributed by atoms with Crippen LogP contribution in [0.25, 0.3) is 33.1 Å². The Morgan fingerprint density at radius 3 is 2.57 bits per heavy atom. The predicted octanol–water partition coefficient (Wildman–Crippen LogP) is 3.72. The first-order chi connectivity index (χ1) is 13.7. The second-order valence-electron chi connectivity index (χ2n) is 6.34. The molecule has 6 heteroatoms. The minimum absolute atomic E-state index is 0.0149. The Bertz CT molecular complexity index is 1230. The van der Waals surface area contributed by atoms with E-state index in [4.69, 9.17) is 4.74 Å². The SMILES string of the molecule is CCOC(=O)CNc1ccccc1-c1nc2cc3ccccc3cc2[nH]c1=O. The molecule has 0 atom stereocenters. The van der Waals surface area contributed by atoms with E-state index in [1.54, 1.807) is 19.1 Å². The van der Waals surface area contributed by atoms with Crippen LogP contribution in [0.5, 0.6) is 0 Å². The number of aromatic amines is 1. The number of hydrogen-bond donors (Lipinski definition) is 2. The van der Waals surface area contributed by atoms with Crippen molar-refractivity contribution < 1.29 is 9.53 Å². The number of nitrogens with zero attached hydrogens (tertiary/aromatic N) is 1. The van der Waals surface area contributed by atoms with Gasteiger partial charge in [-0.05, 0) is 35.9 Å². The lowest BCUT2D eigenvalue weighted by Gasteiger charge is -2.11. The van der Waals surface area contributed by atoms with Crippen LogP contribution >= 0.6 is 0 Å². The molecule has 0 aliphatic heterocycles. The summed E-state index contributed by atoms with van der Waals surface area (Å²) in [5.41, 5.74) is 2.68. The van der Waals surface area contributed by atoms with Crippen molar-refractivity contribution in [3.05, 3.63) is 71.0 Å². The van der Waals surface area contributed by atoms with Crippen molar-refractivity contribution >= 4 is 33.5 Å². The molecular formula is C22H19N3O3. The van der Waals surface area contributed by atoms with E-state index in [1.807, 2.05) is 48.5 Å². The summed E-state index contributed by atoms with van der Waals surface area (Å²) in [5.74, 6) is -0.357. The van der Waals surface area contributed by atoms with Gasteiger partial charge in [-0.3, -0.25) is 9.59 Å². The normalized spacial score (nSPS) is 10.9. The smallest absolute Gasteiger partial charge is 0.325 e. The van der Waals surface area contributed by atoms with Gasteiger partial charge in [0.05, 0.1) is 17.6 Å². The van der Waals surface area contributed by atoms with E-state index in [2.05, 4.69) is 15.3 Å². The summed E-state index contributed by atoms with van der Waals surface area (Å²) in [6.07, 6.45) is 0. The van der Waals surface area contributed by atoms with Gasteiger partial charge < -0.3 is 15.0 Å². The molecule has 0 spiro atoms. The van der Waals surface area contributed by atoms with Crippen LogP contribution in [0.2, 0.25) is 0 Å². The average molecular weight is 373 g/mol. The summed E-state index contributed by atoms with van der Waals surface area (Å²) >= 11 is 0. The summed E-state index contributed by atoms with van der Waals surface area (Å²) in [7, 11) is 0. The predicted molar refractivity (Wildman–Crippen MR) is 110 cm³/mol. The zero-order valence-corrected chi connectivity index (χ0v) is 15.4. The second kappa shape index (κ2) is 7.52. The Morgan fingerprint density at radius 1 is 1.07 bits per heavy atom. The van der Waals surface area contributed by atoms with Gasteiger partial charge in [0.15, 0.2) is 0 Å². The molecule has 0 fully saturated rings. The number of H-pyrrole nitrogens is 1. The summed E-state index contributed by atoms with van der Waals surface area (Å²) < 4.78 is 4.95. The Kier molecular flexibility index (Phi) is 4.76. The molecule has 1 heterocycles. The fourth-order valence-electron chi connectivity index (χ4n) is 3.18. The monoisotopic (exact) mass is 373 g/mol. The van der Waals surface area contributed by atoms with Gasteiger partial charge in [-0.25, -0.2) is 4.98 Å². The van der Waals surface area contributed by atoms with Crippen LogP contribution in [0.15, 0.2) is 65.5 Å². The number of aromatic nitrogens is 2. The zero-order chi connectivity index (χ0) is 19.5. The first kappa shape index (κ1) is 17.7. The van der Waals surface area contributed by atoms with Gasteiger partial charge in [0.2, 0.25) is 0 Å². The number of fused-ring (bicyclic) bond motifs is 2. The first-order valence-electron chi connectivity index (χ1n) is 9.07. The van der Waals surface area contributed by atoms with Crippen LogP contribution < -0.4 is 10.9 Å². The molecule has 0 unspecified atom stereocenters. The first-order valence-corrected chi connectivity index (χ1v) is 9.07. The number of carbonyl (C=O) groups is 1. The number of ether oxygens (including phenoxy) is 1. The summed E-state index contributed by atoms with van der Waals surface area (Å²) in [5, 5.41) is 5.12. The molecule has 0 aliphatic rings. The fourth-order valence-corrected chi connectivity index (χ4v) is 3.18. The number of anilines is 1. The van der Waals surface area contributed by atoms with Crippen molar-refractivity contribution in [2.24, 2.45) is 0 Å². The van der Waals surface area contributed by atoms with E-state index in [0.717, 1.165) is 10.8 Å². The molecule has 4 aromatic rings. The largest absolute Gasteiger partial charge is 0.465 e. The number of hydrogen-bond acceptors (Lipinski definition) is 5. The molecule has 1 aromatic heterocycles. The summed E-state index contributed by atoms with van der Waals surface area (Å²) in [6.45, 7) is 2.09. The van der Waals surface area contributed by atoms with Gasteiger partial charge in [-0.2, -0.15) is 0 Å². The third-order valence-corrected chi connectivity index (χ3v) is 4.47. The van der Waals surface area contributed by atoms with Crippen LogP contribution in [0, 0.1) is 0 Å². The van der Waals surface area contributed by atoms with Crippen molar-refractivity contribution in [1.82, 2.24) is 9.97 Å².